The normalized spacial score (nSPS) is 35.8. The van der Waals surface area contributed by atoms with Crippen molar-refractivity contribution < 1.29 is 18.5 Å². The average Bonchev–Trinajstić information content (AvgIpc) is 2.77. The highest BCUT2D eigenvalue weighted by molar-refractivity contribution is 7.10. The van der Waals surface area contributed by atoms with Crippen molar-refractivity contribution >= 4 is 18.9 Å². The van der Waals surface area contributed by atoms with Crippen LogP contribution in [0.1, 0.15) is 13.2 Å². The summed E-state index contributed by atoms with van der Waals surface area (Å²) in [4.78, 5) is 15.1. The molecular formula is C10H14N2O5P2. The van der Waals surface area contributed by atoms with E-state index in [9.17, 15) is 4.79 Å². The van der Waals surface area contributed by atoms with E-state index in [-0.39, 0.29) is 23.8 Å². The molecule has 3 rings (SSSR count). The monoisotopic (exact) mass is 304 g/mol. The van der Waals surface area contributed by atoms with Crippen molar-refractivity contribution in [1.82, 2.24) is 9.55 Å². The quantitative estimate of drug-likeness (QED) is 0.747. The van der Waals surface area contributed by atoms with Crippen LogP contribution >= 0.6 is 18.9 Å². The van der Waals surface area contributed by atoms with Crippen LogP contribution in [0, 0.1) is 0 Å². The summed E-state index contributed by atoms with van der Waals surface area (Å²) in [5.41, 5.74) is -1.09. The van der Waals surface area contributed by atoms with E-state index in [2.05, 4.69) is 23.9 Å². The molecule has 3 heterocycles. The molecule has 0 bridgehead atoms. The minimum Gasteiger partial charge on any atom is -0.450 e. The lowest BCUT2D eigenvalue weighted by Gasteiger charge is -2.27. The summed E-state index contributed by atoms with van der Waals surface area (Å²) in [7, 11) is 4.41. The first-order valence-electron chi connectivity index (χ1n) is 5.71. The maximum atomic E-state index is 11.3. The molecule has 0 saturated carbocycles. The van der Waals surface area contributed by atoms with Crippen LogP contribution in [0.2, 0.25) is 0 Å². The fourth-order valence-corrected chi connectivity index (χ4v) is 3.26. The molecule has 1 aromatic heterocycles. The molecule has 1 saturated heterocycles. The van der Waals surface area contributed by atoms with Gasteiger partial charge < -0.3 is 18.5 Å². The van der Waals surface area contributed by atoms with Crippen molar-refractivity contribution in [2.24, 2.45) is 0 Å². The van der Waals surface area contributed by atoms with Crippen LogP contribution in [0.3, 0.4) is 0 Å². The maximum Gasteiger partial charge on any atom is 0.302 e. The van der Waals surface area contributed by atoms with Crippen LogP contribution in [0.5, 0.6) is 6.01 Å². The molecule has 0 radical (unpaired) electrons. The third-order valence-corrected chi connectivity index (χ3v) is 3.96. The SMILES string of the molecule is C[C@@]12Oc3nc(=O)ccn3[C@@H]1O[C@H](COP)[C@H]2OP. The minimum absolute atomic E-state index is 0.247. The topological polar surface area (TPSA) is 71.8 Å². The standard InChI is InChI=1S/C10H14N2O5P2/c1-10-7(17-19)5(4-14-18)15-8(10)12-3-2-6(13)11-9(12)16-10/h2-3,5,7-8H,4,18-19H2,1H3/t5-,7-,8-,10+/m1/s1. The second-order valence-corrected chi connectivity index (χ2v) is 5.26. The predicted octanol–water partition coefficient (Wildman–Crippen LogP) is 0.274. The van der Waals surface area contributed by atoms with E-state index in [1.807, 2.05) is 6.92 Å². The number of hydrogen-bond donors (Lipinski definition) is 0. The number of rotatable bonds is 3. The number of aromatic nitrogens is 2. The van der Waals surface area contributed by atoms with Gasteiger partial charge in [-0.05, 0) is 6.92 Å². The Morgan fingerprint density at radius 3 is 3.05 bits per heavy atom. The molecule has 0 aromatic carbocycles. The Labute approximate surface area is 114 Å². The fourth-order valence-electron chi connectivity index (χ4n) is 2.62. The van der Waals surface area contributed by atoms with Crippen molar-refractivity contribution in [3.63, 3.8) is 0 Å². The third kappa shape index (κ3) is 1.92. The van der Waals surface area contributed by atoms with Crippen molar-refractivity contribution in [2.75, 3.05) is 6.61 Å². The van der Waals surface area contributed by atoms with Gasteiger partial charge in [-0.3, -0.25) is 9.36 Å². The molecule has 6 atom stereocenters. The summed E-state index contributed by atoms with van der Waals surface area (Å²) in [5, 5.41) is 0. The lowest BCUT2D eigenvalue weighted by molar-refractivity contribution is -0.0405. The van der Waals surface area contributed by atoms with Gasteiger partial charge in [0.2, 0.25) is 0 Å². The molecule has 2 aliphatic rings. The Bertz CT molecular complexity index is 553. The molecular weight excluding hydrogens is 290 g/mol. The Hall–Kier alpha value is -0.580. The van der Waals surface area contributed by atoms with E-state index in [1.165, 1.54) is 6.07 Å². The number of nitrogens with zero attached hydrogens (tertiary/aromatic N) is 2. The molecule has 104 valence electrons. The zero-order valence-electron chi connectivity index (χ0n) is 10.2. The summed E-state index contributed by atoms with van der Waals surface area (Å²) in [5.74, 6) is 0. The van der Waals surface area contributed by atoms with Crippen LogP contribution in [-0.4, -0.2) is 34.0 Å². The van der Waals surface area contributed by atoms with Gasteiger partial charge in [0.15, 0.2) is 11.8 Å². The smallest absolute Gasteiger partial charge is 0.302 e. The Morgan fingerprint density at radius 1 is 1.58 bits per heavy atom. The van der Waals surface area contributed by atoms with Crippen LogP contribution in [0.4, 0.5) is 0 Å². The molecule has 0 N–H and O–H groups in total. The zero-order valence-corrected chi connectivity index (χ0v) is 12.5. The molecule has 0 aliphatic carbocycles. The van der Waals surface area contributed by atoms with Crippen molar-refractivity contribution in [2.45, 2.75) is 31.0 Å². The average molecular weight is 304 g/mol. The highest BCUT2D eigenvalue weighted by Gasteiger charge is 2.61. The highest BCUT2D eigenvalue weighted by atomic mass is 31.0. The van der Waals surface area contributed by atoms with Crippen molar-refractivity contribution in [3.05, 3.63) is 22.6 Å². The van der Waals surface area contributed by atoms with E-state index in [0.29, 0.717) is 6.61 Å². The van der Waals surface area contributed by atoms with Crippen LogP contribution in [0.15, 0.2) is 17.1 Å². The Kier molecular flexibility index (Phi) is 3.36. The second kappa shape index (κ2) is 4.76. The lowest BCUT2D eigenvalue weighted by Crippen LogP contribution is -2.46. The van der Waals surface area contributed by atoms with E-state index in [4.69, 9.17) is 18.5 Å². The predicted molar refractivity (Wildman–Crippen MR) is 71.7 cm³/mol. The van der Waals surface area contributed by atoms with E-state index < -0.39 is 11.8 Å². The summed E-state index contributed by atoms with van der Waals surface area (Å²) < 4.78 is 23.9. The van der Waals surface area contributed by atoms with E-state index >= 15 is 0 Å². The fraction of sp³-hybridized carbons (Fsp3) is 0.600. The van der Waals surface area contributed by atoms with Crippen LogP contribution < -0.4 is 10.3 Å². The number of ether oxygens (including phenoxy) is 2. The van der Waals surface area contributed by atoms with Gasteiger partial charge in [-0.1, -0.05) is 0 Å². The van der Waals surface area contributed by atoms with E-state index in [1.54, 1.807) is 10.8 Å². The summed E-state index contributed by atoms with van der Waals surface area (Å²) >= 11 is 0. The van der Waals surface area contributed by atoms with Gasteiger partial charge in [0, 0.05) is 31.2 Å². The van der Waals surface area contributed by atoms with Gasteiger partial charge >= 0.3 is 6.01 Å². The summed E-state index contributed by atoms with van der Waals surface area (Å²) in [6.07, 6.45) is 0.605. The first-order chi connectivity index (χ1) is 9.10. The molecule has 1 fully saturated rings. The summed E-state index contributed by atoms with van der Waals surface area (Å²) in [6.45, 7) is 2.23. The molecule has 0 spiro atoms. The highest BCUT2D eigenvalue weighted by Crippen LogP contribution is 2.48. The van der Waals surface area contributed by atoms with Gasteiger partial charge in [0.05, 0.1) is 6.61 Å². The number of hydrogen-bond acceptors (Lipinski definition) is 6. The minimum atomic E-state index is -0.747. The molecule has 2 unspecified atom stereocenters. The van der Waals surface area contributed by atoms with Crippen molar-refractivity contribution in [3.8, 4) is 6.01 Å². The first kappa shape index (κ1) is 13.4. The molecule has 2 aliphatic heterocycles. The molecule has 1 aromatic rings. The van der Waals surface area contributed by atoms with Gasteiger partial charge in [0.25, 0.3) is 5.56 Å². The molecule has 9 heteroatoms. The molecule has 7 nitrogen and oxygen atoms in total. The van der Waals surface area contributed by atoms with Gasteiger partial charge in [-0.2, -0.15) is 4.98 Å². The number of fused-ring (bicyclic) bond motifs is 3. The molecule has 19 heavy (non-hydrogen) atoms. The Balaban J connectivity index is 2.00. The Morgan fingerprint density at radius 2 is 2.37 bits per heavy atom. The maximum absolute atomic E-state index is 11.3. The first-order valence-corrected chi connectivity index (χ1v) is 6.65. The van der Waals surface area contributed by atoms with Crippen LogP contribution in [0.25, 0.3) is 0 Å². The van der Waals surface area contributed by atoms with Gasteiger partial charge in [-0.15, -0.1) is 0 Å². The molecule has 0 amide bonds. The lowest BCUT2D eigenvalue weighted by atomic mass is 9.97. The second-order valence-electron chi connectivity index (χ2n) is 4.66. The summed E-state index contributed by atoms with van der Waals surface area (Å²) in [6, 6.07) is 1.62. The van der Waals surface area contributed by atoms with E-state index in [0.717, 1.165) is 0 Å². The van der Waals surface area contributed by atoms with Crippen LogP contribution in [-0.2, 0) is 13.8 Å². The largest absolute Gasteiger partial charge is 0.450 e. The van der Waals surface area contributed by atoms with Crippen molar-refractivity contribution in [1.29, 1.82) is 0 Å². The zero-order chi connectivity index (χ0) is 13.6. The van der Waals surface area contributed by atoms with Gasteiger partial charge in [0.1, 0.15) is 12.2 Å². The van der Waals surface area contributed by atoms with Gasteiger partial charge in [-0.25, -0.2) is 0 Å². The third-order valence-electron chi connectivity index (χ3n) is 3.47.